The standard InChI is InChI=1S/C25H19F5N6O5S/c1-31-24(37)36(23-8-6-15(13-32-23)42(38,39)35-22-4-3-9-33-34-22)19-12-18(27)16(11-21(19)40-2)14-5-7-17(26)20(10-14)41-25(28,29)30/h3-13H,1-2H3,(H,31,37)(H,34,35). The van der Waals surface area contributed by atoms with E-state index in [1.807, 2.05) is 0 Å². The Bertz CT molecular complexity index is 1710. The predicted molar refractivity (Wildman–Crippen MR) is 139 cm³/mol. The van der Waals surface area contributed by atoms with Gasteiger partial charge < -0.3 is 14.8 Å². The van der Waals surface area contributed by atoms with Crippen molar-refractivity contribution in [2.45, 2.75) is 11.3 Å². The molecule has 0 aliphatic carbocycles. The van der Waals surface area contributed by atoms with Gasteiger partial charge in [-0.15, -0.1) is 18.3 Å². The lowest BCUT2D eigenvalue weighted by atomic mass is 10.0. The Morgan fingerprint density at radius 1 is 1.00 bits per heavy atom. The van der Waals surface area contributed by atoms with Gasteiger partial charge >= 0.3 is 12.4 Å². The molecule has 42 heavy (non-hydrogen) atoms. The summed E-state index contributed by atoms with van der Waals surface area (Å²) in [6.45, 7) is 0. The van der Waals surface area contributed by atoms with E-state index in [1.54, 1.807) is 0 Å². The van der Waals surface area contributed by atoms with Crippen LogP contribution in [0.25, 0.3) is 11.1 Å². The van der Waals surface area contributed by atoms with Gasteiger partial charge in [-0.05, 0) is 48.0 Å². The molecule has 2 heterocycles. The number of carbonyl (C=O) groups excluding carboxylic acids is 1. The first kappa shape index (κ1) is 29.9. The summed E-state index contributed by atoms with van der Waals surface area (Å²) in [5.74, 6) is -3.87. The predicted octanol–water partition coefficient (Wildman–Crippen LogP) is 5.00. The number of rotatable bonds is 8. The molecule has 2 aromatic heterocycles. The van der Waals surface area contributed by atoms with Crippen molar-refractivity contribution in [3.8, 4) is 22.6 Å². The van der Waals surface area contributed by atoms with Crippen molar-refractivity contribution in [1.29, 1.82) is 0 Å². The molecule has 2 amide bonds. The van der Waals surface area contributed by atoms with Gasteiger partial charge in [-0.1, -0.05) is 6.07 Å². The molecule has 11 nitrogen and oxygen atoms in total. The van der Waals surface area contributed by atoms with Crippen LogP contribution in [0.3, 0.4) is 0 Å². The molecule has 4 rings (SSSR count). The van der Waals surface area contributed by atoms with Crippen molar-refractivity contribution in [2.24, 2.45) is 0 Å². The molecule has 2 aromatic carbocycles. The fourth-order valence-electron chi connectivity index (χ4n) is 3.64. The molecule has 220 valence electrons. The lowest BCUT2D eigenvalue weighted by molar-refractivity contribution is -0.275. The molecule has 0 saturated heterocycles. The van der Waals surface area contributed by atoms with E-state index in [9.17, 15) is 30.8 Å². The number of alkyl halides is 3. The molecule has 2 N–H and O–H groups in total. The van der Waals surface area contributed by atoms with Crippen LogP contribution in [0.5, 0.6) is 11.5 Å². The molecular formula is C25H19F5N6O5S. The second kappa shape index (κ2) is 11.8. The molecule has 0 spiro atoms. The van der Waals surface area contributed by atoms with Crippen molar-refractivity contribution < 1.29 is 44.6 Å². The maximum Gasteiger partial charge on any atom is 0.573 e. The number of nitrogens with zero attached hydrogens (tertiary/aromatic N) is 4. The van der Waals surface area contributed by atoms with E-state index < -0.39 is 39.8 Å². The van der Waals surface area contributed by atoms with Crippen molar-refractivity contribution in [2.75, 3.05) is 23.8 Å². The number of pyridine rings is 1. The highest BCUT2D eigenvalue weighted by Gasteiger charge is 2.33. The largest absolute Gasteiger partial charge is 0.573 e. The number of benzene rings is 2. The van der Waals surface area contributed by atoms with Gasteiger partial charge in [-0.3, -0.25) is 4.72 Å². The molecule has 0 aliphatic heterocycles. The van der Waals surface area contributed by atoms with E-state index in [1.165, 1.54) is 38.6 Å². The first-order valence-corrected chi connectivity index (χ1v) is 13.0. The molecule has 0 atom stereocenters. The fourth-order valence-corrected chi connectivity index (χ4v) is 4.58. The average Bonchev–Trinajstić information content (AvgIpc) is 2.94. The number of amides is 2. The molecule has 0 radical (unpaired) electrons. The van der Waals surface area contributed by atoms with E-state index in [2.05, 4.69) is 30.0 Å². The SMILES string of the molecule is CNC(=O)N(c1ccc(S(=O)(=O)Nc2cccnn2)cn1)c1cc(F)c(-c2ccc(F)c(OC(F)(F)F)c2)cc1OC. The van der Waals surface area contributed by atoms with Crippen molar-refractivity contribution >= 4 is 33.4 Å². The van der Waals surface area contributed by atoms with Crippen molar-refractivity contribution in [1.82, 2.24) is 20.5 Å². The number of sulfonamides is 1. The second-order valence-electron chi connectivity index (χ2n) is 8.15. The van der Waals surface area contributed by atoms with Crippen molar-refractivity contribution in [3.05, 3.63) is 78.6 Å². The average molecular weight is 611 g/mol. The minimum absolute atomic E-state index is 0.0490. The summed E-state index contributed by atoms with van der Waals surface area (Å²) in [4.78, 5) is 17.5. The summed E-state index contributed by atoms with van der Waals surface area (Å²) < 4.78 is 104. The summed E-state index contributed by atoms with van der Waals surface area (Å²) >= 11 is 0. The van der Waals surface area contributed by atoms with Gasteiger partial charge in [0, 0.05) is 31.1 Å². The quantitative estimate of drug-likeness (QED) is 0.266. The highest BCUT2D eigenvalue weighted by atomic mass is 32.2. The Balaban J connectivity index is 1.73. The second-order valence-corrected chi connectivity index (χ2v) is 9.84. The van der Waals surface area contributed by atoms with Crippen LogP contribution in [0.15, 0.2) is 71.9 Å². The van der Waals surface area contributed by atoms with Gasteiger partial charge in [0.25, 0.3) is 10.0 Å². The number of halogens is 5. The Labute approximate surface area is 235 Å². The third-order valence-corrected chi connectivity index (χ3v) is 6.81. The number of aromatic nitrogens is 3. The molecule has 0 aliphatic rings. The van der Waals surface area contributed by atoms with Gasteiger partial charge in [-0.2, -0.15) is 5.10 Å². The van der Waals surface area contributed by atoms with Gasteiger partial charge in [-0.25, -0.2) is 31.9 Å². The highest BCUT2D eigenvalue weighted by molar-refractivity contribution is 7.92. The minimum Gasteiger partial charge on any atom is -0.495 e. The topological polar surface area (TPSA) is 136 Å². The summed E-state index contributed by atoms with van der Waals surface area (Å²) in [6, 6.07) is 8.61. The normalized spacial score (nSPS) is 11.5. The van der Waals surface area contributed by atoms with E-state index in [0.717, 1.165) is 35.4 Å². The van der Waals surface area contributed by atoms with E-state index >= 15 is 4.39 Å². The number of nitrogens with one attached hydrogen (secondary N) is 2. The first-order chi connectivity index (χ1) is 19.8. The number of hydrogen-bond donors (Lipinski definition) is 2. The Kier molecular flexibility index (Phi) is 8.41. The number of carbonyl (C=O) groups is 1. The smallest absolute Gasteiger partial charge is 0.495 e. The number of ether oxygens (including phenoxy) is 2. The van der Waals surface area contributed by atoms with Gasteiger partial charge in [0.05, 0.1) is 12.8 Å². The zero-order valence-electron chi connectivity index (χ0n) is 21.5. The maximum absolute atomic E-state index is 15.4. The zero-order valence-corrected chi connectivity index (χ0v) is 22.3. The summed E-state index contributed by atoms with van der Waals surface area (Å²) in [5.41, 5.74) is -0.690. The minimum atomic E-state index is -5.19. The number of hydrogen-bond acceptors (Lipinski definition) is 8. The van der Waals surface area contributed by atoms with Crippen LogP contribution < -0.4 is 24.4 Å². The Hall–Kier alpha value is -5.06. The van der Waals surface area contributed by atoms with Crippen LogP contribution in [0.2, 0.25) is 0 Å². The molecule has 0 saturated carbocycles. The number of anilines is 3. The molecule has 0 fully saturated rings. The summed E-state index contributed by atoms with van der Waals surface area (Å²) in [7, 11) is -1.68. The van der Waals surface area contributed by atoms with Crippen LogP contribution in [0.4, 0.5) is 44.1 Å². The fraction of sp³-hybridized carbons (Fsp3) is 0.120. The number of urea groups is 1. The van der Waals surface area contributed by atoms with Gasteiger partial charge in [0.2, 0.25) is 0 Å². The van der Waals surface area contributed by atoms with Crippen LogP contribution >= 0.6 is 0 Å². The zero-order chi connectivity index (χ0) is 30.7. The maximum atomic E-state index is 15.4. The summed E-state index contributed by atoms with van der Waals surface area (Å²) in [6.07, 6.45) is -2.90. The highest BCUT2D eigenvalue weighted by Crippen LogP contribution is 2.40. The third-order valence-electron chi connectivity index (χ3n) is 5.47. The third kappa shape index (κ3) is 6.63. The van der Waals surface area contributed by atoms with E-state index in [0.29, 0.717) is 12.1 Å². The van der Waals surface area contributed by atoms with Crippen LogP contribution in [-0.4, -0.2) is 50.2 Å². The van der Waals surface area contributed by atoms with Crippen LogP contribution in [0, 0.1) is 11.6 Å². The van der Waals surface area contributed by atoms with Gasteiger partial charge in [0.15, 0.2) is 17.4 Å². The first-order valence-electron chi connectivity index (χ1n) is 11.5. The molecule has 4 aromatic rings. The summed E-state index contributed by atoms with van der Waals surface area (Å²) in [5, 5.41) is 9.57. The van der Waals surface area contributed by atoms with E-state index in [4.69, 9.17) is 4.74 Å². The molecule has 17 heteroatoms. The van der Waals surface area contributed by atoms with Crippen LogP contribution in [-0.2, 0) is 10.0 Å². The molecular weight excluding hydrogens is 591 g/mol. The van der Waals surface area contributed by atoms with Crippen LogP contribution in [0.1, 0.15) is 0 Å². The lowest BCUT2D eigenvalue weighted by Crippen LogP contribution is -2.35. The van der Waals surface area contributed by atoms with E-state index in [-0.39, 0.29) is 39.1 Å². The Morgan fingerprint density at radius 2 is 1.76 bits per heavy atom. The molecule has 0 unspecified atom stereocenters. The molecule has 0 bridgehead atoms. The number of methoxy groups -OCH3 is 1. The lowest BCUT2D eigenvalue weighted by Gasteiger charge is -2.24. The Morgan fingerprint density at radius 3 is 2.36 bits per heavy atom. The van der Waals surface area contributed by atoms with Gasteiger partial charge in [0.1, 0.15) is 22.3 Å². The monoisotopic (exact) mass is 610 g/mol. The van der Waals surface area contributed by atoms with Crippen molar-refractivity contribution in [3.63, 3.8) is 0 Å².